The molecule has 0 saturated heterocycles. The van der Waals surface area contributed by atoms with Crippen LogP contribution in [0.15, 0.2) is 30.5 Å². The minimum Gasteiger partial charge on any atom is -0.494 e. The molecule has 0 unspecified atom stereocenters. The van der Waals surface area contributed by atoms with Crippen LogP contribution in [0.25, 0.3) is 5.69 Å². The van der Waals surface area contributed by atoms with Crippen LogP contribution in [-0.2, 0) is 13.1 Å². The van der Waals surface area contributed by atoms with Crippen molar-refractivity contribution in [1.29, 1.82) is 0 Å². The monoisotopic (exact) mass is 372 g/mol. The number of benzene rings is 1. The van der Waals surface area contributed by atoms with Gasteiger partial charge in [0.2, 0.25) is 0 Å². The van der Waals surface area contributed by atoms with Gasteiger partial charge in [0.25, 0.3) is 5.91 Å². The Morgan fingerprint density at radius 1 is 1.38 bits per heavy atom. The molecule has 136 valence electrons. The van der Waals surface area contributed by atoms with Gasteiger partial charge in [-0.2, -0.15) is 10.2 Å². The van der Waals surface area contributed by atoms with E-state index in [0.717, 1.165) is 11.3 Å². The molecule has 0 bridgehead atoms. The second-order valence-electron chi connectivity index (χ2n) is 5.69. The van der Waals surface area contributed by atoms with Gasteiger partial charge in [-0.05, 0) is 49.8 Å². The number of nitrogens with zero attached hydrogens (tertiary/aromatic N) is 4. The predicted molar refractivity (Wildman–Crippen MR) is 99.1 cm³/mol. The Balaban J connectivity index is 1.76. The van der Waals surface area contributed by atoms with E-state index >= 15 is 0 Å². The highest BCUT2D eigenvalue weighted by molar-refractivity contribution is 7.71. The largest absolute Gasteiger partial charge is 0.494 e. The summed E-state index contributed by atoms with van der Waals surface area (Å²) in [6.45, 7) is 4.90. The first-order chi connectivity index (χ1) is 12.5. The van der Waals surface area contributed by atoms with E-state index in [1.807, 2.05) is 36.6 Å². The summed E-state index contributed by atoms with van der Waals surface area (Å²) in [4.78, 5) is 12.4. The lowest BCUT2D eigenvalue weighted by atomic mass is 10.2. The fourth-order valence-electron chi connectivity index (χ4n) is 2.62. The second kappa shape index (κ2) is 7.52. The van der Waals surface area contributed by atoms with Crippen LogP contribution in [0.1, 0.15) is 28.8 Å². The predicted octanol–water partition coefficient (Wildman–Crippen LogP) is 2.39. The molecule has 8 nitrogen and oxygen atoms in total. The average Bonchev–Trinajstić information content (AvgIpc) is 3.26. The number of aromatic nitrogens is 5. The molecule has 0 fully saturated rings. The summed E-state index contributed by atoms with van der Waals surface area (Å²) in [5.41, 5.74) is 2.16. The van der Waals surface area contributed by atoms with Gasteiger partial charge >= 0.3 is 0 Å². The molecule has 3 rings (SSSR count). The molecule has 2 heterocycles. The van der Waals surface area contributed by atoms with Crippen molar-refractivity contribution in [2.45, 2.75) is 26.9 Å². The Labute approximate surface area is 155 Å². The van der Waals surface area contributed by atoms with Crippen LogP contribution in [0.5, 0.6) is 5.75 Å². The van der Waals surface area contributed by atoms with Crippen molar-refractivity contribution >= 4 is 18.1 Å². The maximum Gasteiger partial charge on any atom is 0.272 e. The maximum absolute atomic E-state index is 12.4. The zero-order valence-corrected chi connectivity index (χ0v) is 15.6. The highest BCUT2D eigenvalue weighted by Gasteiger charge is 2.14. The fourth-order valence-corrected chi connectivity index (χ4v) is 2.90. The minimum atomic E-state index is -0.285. The van der Waals surface area contributed by atoms with Gasteiger partial charge in [0, 0.05) is 12.7 Å². The molecule has 0 spiro atoms. The summed E-state index contributed by atoms with van der Waals surface area (Å²) in [7, 11) is 1.60. The summed E-state index contributed by atoms with van der Waals surface area (Å²) in [5, 5.41) is 14.0. The van der Waals surface area contributed by atoms with Gasteiger partial charge in [-0.15, -0.1) is 0 Å². The van der Waals surface area contributed by atoms with Crippen molar-refractivity contribution in [1.82, 2.24) is 29.9 Å². The van der Waals surface area contributed by atoms with E-state index in [9.17, 15) is 4.79 Å². The van der Waals surface area contributed by atoms with Gasteiger partial charge in [-0.1, -0.05) is 6.07 Å². The van der Waals surface area contributed by atoms with E-state index in [1.54, 1.807) is 24.1 Å². The van der Waals surface area contributed by atoms with Crippen LogP contribution in [0.2, 0.25) is 0 Å². The number of aromatic amines is 1. The van der Waals surface area contributed by atoms with Gasteiger partial charge in [0.1, 0.15) is 11.4 Å². The van der Waals surface area contributed by atoms with Gasteiger partial charge in [0.15, 0.2) is 16.3 Å². The Kier molecular flexibility index (Phi) is 5.17. The summed E-state index contributed by atoms with van der Waals surface area (Å²) in [6.07, 6.45) is 1.73. The highest BCUT2D eigenvalue weighted by atomic mass is 32.1. The molecule has 0 saturated carbocycles. The van der Waals surface area contributed by atoms with Crippen molar-refractivity contribution < 1.29 is 9.53 Å². The molecule has 3 aromatic rings. The van der Waals surface area contributed by atoms with Crippen LogP contribution in [-0.4, -0.2) is 37.6 Å². The number of hydrogen-bond donors (Lipinski definition) is 2. The Morgan fingerprint density at radius 2 is 2.19 bits per heavy atom. The third kappa shape index (κ3) is 3.52. The standard InChI is InChI=1S/C17H20N6O2S/c1-4-22-15(19-20-17(22)26)10-18-16(24)12-7-8-23(21-12)13-9-11(2)5-6-14(13)25-3/h5-9H,4,10H2,1-3H3,(H,18,24)(H,20,26). The van der Waals surface area contributed by atoms with E-state index in [0.29, 0.717) is 28.6 Å². The van der Waals surface area contributed by atoms with E-state index in [1.165, 1.54) is 0 Å². The summed E-state index contributed by atoms with van der Waals surface area (Å²) in [6, 6.07) is 7.44. The molecule has 1 aromatic carbocycles. The number of hydrogen-bond acceptors (Lipinski definition) is 5. The van der Waals surface area contributed by atoms with E-state index in [4.69, 9.17) is 17.0 Å². The van der Waals surface area contributed by atoms with Crippen LogP contribution in [0.3, 0.4) is 0 Å². The maximum atomic E-state index is 12.4. The van der Waals surface area contributed by atoms with E-state index < -0.39 is 0 Å². The molecule has 0 aliphatic rings. The lowest BCUT2D eigenvalue weighted by Crippen LogP contribution is -2.25. The molecule has 0 radical (unpaired) electrons. The molecule has 9 heteroatoms. The smallest absolute Gasteiger partial charge is 0.272 e. The number of carbonyl (C=O) groups excluding carboxylic acids is 1. The Bertz CT molecular complexity index is 987. The summed E-state index contributed by atoms with van der Waals surface area (Å²) >= 11 is 5.14. The molecule has 0 aliphatic heterocycles. The average molecular weight is 372 g/mol. The molecule has 0 aliphatic carbocycles. The second-order valence-corrected chi connectivity index (χ2v) is 6.08. The SMILES string of the molecule is CCn1c(CNC(=O)c2ccn(-c3cc(C)ccc3OC)n2)n[nH]c1=S. The van der Waals surface area contributed by atoms with Gasteiger partial charge in [-0.25, -0.2) is 4.68 Å². The lowest BCUT2D eigenvalue weighted by Gasteiger charge is -2.09. The van der Waals surface area contributed by atoms with Gasteiger partial charge in [0.05, 0.1) is 13.7 Å². The fraction of sp³-hybridized carbons (Fsp3) is 0.294. The number of H-pyrrole nitrogens is 1. The zero-order valence-electron chi connectivity index (χ0n) is 14.8. The molecular formula is C17H20N6O2S. The highest BCUT2D eigenvalue weighted by Crippen LogP contribution is 2.23. The molecular weight excluding hydrogens is 352 g/mol. The Morgan fingerprint density at radius 3 is 2.92 bits per heavy atom. The van der Waals surface area contributed by atoms with Crippen molar-refractivity contribution in [3.8, 4) is 11.4 Å². The van der Waals surface area contributed by atoms with Crippen molar-refractivity contribution in [3.05, 3.63) is 52.3 Å². The molecule has 2 N–H and O–H groups in total. The normalized spacial score (nSPS) is 10.7. The molecule has 1 amide bonds. The number of rotatable bonds is 6. The number of amides is 1. The van der Waals surface area contributed by atoms with Crippen molar-refractivity contribution in [2.24, 2.45) is 0 Å². The van der Waals surface area contributed by atoms with Crippen molar-refractivity contribution in [3.63, 3.8) is 0 Å². The van der Waals surface area contributed by atoms with Crippen LogP contribution in [0.4, 0.5) is 0 Å². The third-order valence-corrected chi connectivity index (χ3v) is 4.28. The van der Waals surface area contributed by atoms with Crippen LogP contribution in [0, 0.1) is 11.7 Å². The lowest BCUT2D eigenvalue weighted by molar-refractivity contribution is 0.0944. The number of nitrogens with one attached hydrogen (secondary N) is 2. The van der Waals surface area contributed by atoms with E-state index in [-0.39, 0.29) is 12.5 Å². The number of methoxy groups -OCH3 is 1. The van der Waals surface area contributed by atoms with Gasteiger partial charge in [-0.3, -0.25) is 9.89 Å². The first-order valence-corrected chi connectivity index (χ1v) is 8.57. The first kappa shape index (κ1) is 17.9. The minimum absolute atomic E-state index is 0.264. The molecule has 0 atom stereocenters. The number of carbonyl (C=O) groups is 1. The quantitative estimate of drug-likeness (QED) is 0.649. The van der Waals surface area contributed by atoms with Crippen LogP contribution >= 0.6 is 12.2 Å². The van der Waals surface area contributed by atoms with Crippen LogP contribution < -0.4 is 10.1 Å². The molecule has 2 aromatic heterocycles. The number of ether oxygens (including phenoxy) is 1. The first-order valence-electron chi connectivity index (χ1n) is 8.16. The third-order valence-electron chi connectivity index (χ3n) is 3.96. The summed E-state index contributed by atoms with van der Waals surface area (Å²) < 4.78 is 9.36. The Hall–Kier alpha value is -2.94. The zero-order chi connectivity index (χ0) is 18.7. The molecule has 26 heavy (non-hydrogen) atoms. The summed E-state index contributed by atoms with van der Waals surface area (Å²) in [5.74, 6) is 1.07. The van der Waals surface area contributed by atoms with Crippen molar-refractivity contribution in [2.75, 3.05) is 7.11 Å². The van der Waals surface area contributed by atoms with E-state index in [2.05, 4.69) is 20.6 Å². The van der Waals surface area contributed by atoms with Gasteiger partial charge < -0.3 is 14.6 Å². The number of aryl methyl sites for hydroxylation is 1. The topological polar surface area (TPSA) is 89.8 Å².